The van der Waals surface area contributed by atoms with Crippen LogP contribution < -0.4 is 0 Å². The van der Waals surface area contributed by atoms with Crippen LogP contribution in [0.25, 0.3) is 0 Å². The number of hydrogen-bond acceptors (Lipinski definition) is 2. The fourth-order valence-electron chi connectivity index (χ4n) is 1.24. The first-order chi connectivity index (χ1) is 7.85. The lowest BCUT2D eigenvalue weighted by molar-refractivity contribution is -0.144. The molecule has 1 unspecified atom stereocenters. The van der Waals surface area contributed by atoms with Crippen molar-refractivity contribution in [3.63, 3.8) is 0 Å². The normalized spacial score (nSPS) is 11.8. The van der Waals surface area contributed by atoms with Gasteiger partial charge in [-0.1, -0.05) is 26.2 Å². The van der Waals surface area contributed by atoms with Gasteiger partial charge in [0.05, 0.1) is 0 Å². The summed E-state index contributed by atoms with van der Waals surface area (Å²) in [5, 5.41) is 0. The highest BCUT2D eigenvalue weighted by atomic mass is 28.3. The molecule has 0 amide bonds. The van der Waals surface area contributed by atoms with Gasteiger partial charge < -0.3 is 4.74 Å². The van der Waals surface area contributed by atoms with Gasteiger partial charge in [0, 0.05) is 13.3 Å². The van der Waals surface area contributed by atoms with Gasteiger partial charge in [-0.25, -0.2) is 0 Å². The lowest BCUT2D eigenvalue weighted by Crippen LogP contribution is -2.16. The van der Waals surface area contributed by atoms with E-state index in [2.05, 4.69) is 43.4 Å². The summed E-state index contributed by atoms with van der Waals surface area (Å²) < 4.78 is 5.10. The standard InChI is InChI=1S/C14H22O2Si/c1-6-10-14(16-13(2)15)11-8-7-9-12-17(3,4)5/h10,14H,1,7-8,11H2,2-5H3. The van der Waals surface area contributed by atoms with Gasteiger partial charge in [-0.2, -0.15) is 0 Å². The maximum Gasteiger partial charge on any atom is 0.303 e. The maximum absolute atomic E-state index is 10.8. The van der Waals surface area contributed by atoms with Crippen LogP contribution in [0, 0.1) is 11.5 Å². The number of carbonyl (C=O) groups excluding carboxylic acids is 1. The summed E-state index contributed by atoms with van der Waals surface area (Å²) in [6.07, 6.45) is 4.04. The molecule has 1 atom stereocenters. The second-order valence-corrected chi connectivity index (χ2v) is 9.71. The molecule has 3 heteroatoms. The summed E-state index contributed by atoms with van der Waals surface area (Å²) in [6, 6.07) is 0. The van der Waals surface area contributed by atoms with Crippen molar-refractivity contribution < 1.29 is 9.53 Å². The van der Waals surface area contributed by atoms with Gasteiger partial charge >= 0.3 is 5.97 Å². The largest absolute Gasteiger partial charge is 0.458 e. The number of hydrogen-bond donors (Lipinski definition) is 0. The van der Waals surface area contributed by atoms with Crippen molar-refractivity contribution in [2.75, 3.05) is 0 Å². The van der Waals surface area contributed by atoms with E-state index in [0.29, 0.717) is 0 Å². The number of unbranched alkanes of at least 4 members (excludes halogenated alkanes) is 1. The second kappa shape index (κ2) is 7.95. The predicted molar refractivity (Wildman–Crippen MR) is 74.2 cm³/mol. The van der Waals surface area contributed by atoms with Crippen LogP contribution in [0.2, 0.25) is 19.6 Å². The highest BCUT2D eigenvalue weighted by Gasteiger charge is 2.08. The van der Waals surface area contributed by atoms with Crippen LogP contribution >= 0.6 is 0 Å². The van der Waals surface area contributed by atoms with Gasteiger partial charge in [0.1, 0.15) is 14.2 Å². The van der Waals surface area contributed by atoms with Gasteiger partial charge in [0.25, 0.3) is 0 Å². The Labute approximate surface area is 106 Å². The summed E-state index contributed by atoms with van der Waals surface area (Å²) in [4.78, 5) is 10.8. The van der Waals surface area contributed by atoms with Crippen molar-refractivity contribution in [1.29, 1.82) is 0 Å². The Balaban J connectivity index is 4.01. The van der Waals surface area contributed by atoms with E-state index in [-0.39, 0.29) is 12.1 Å². The molecule has 0 aromatic carbocycles. The number of carbonyl (C=O) groups is 1. The molecule has 0 saturated carbocycles. The summed E-state index contributed by atoms with van der Waals surface area (Å²) in [5.74, 6) is 2.93. The molecule has 0 saturated heterocycles. The third-order valence-electron chi connectivity index (χ3n) is 1.87. The minimum absolute atomic E-state index is 0.210. The second-order valence-electron chi connectivity index (χ2n) is 4.96. The van der Waals surface area contributed by atoms with Crippen LogP contribution in [0.3, 0.4) is 0 Å². The van der Waals surface area contributed by atoms with E-state index in [4.69, 9.17) is 4.74 Å². The van der Waals surface area contributed by atoms with Gasteiger partial charge in [0.2, 0.25) is 0 Å². The lowest BCUT2D eigenvalue weighted by Gasteiger charge is -2.10. The Morgan fingerprint density at radius 3 is 2.59 bits per heavy atom. The Bertz CT molecular complexity index is 349. The SMILES string of the molecule is C=C=CC(CCCC#C[Si](C)(C)C)OC(C)=O. The van der Waals surface area contributed by atoms with Gasteiger partial charge in [-0.15, -0.1) is 17.2 Å². The first kappa shape index (κ1) is 15.8. The van der Waals surface area contributed by atoms with Crippen molar-refractivity contribution in [2.24, 2.45) is 0 Å². The van der Waals surface area contributed by atoms with E-state index >= 15 is 0 Å². The molecular formula is C14H22O2Si. The average molecular weight is 250 g/mol. The smallest absolute Gasteiger partial charge is 0.303 e. The minimum Gasteiger partial charge on any atom is -0.458 e. The summed E-state index contributed by atoms with van der Waals surface area (Å²) >= 11 is 0. The summed E-state index contributed by atoms with van der Waals surface area (Å²) in [5.41, 5.74) is 5.97. The molecule has 0 aliphatic heterocycles. The van der Waals surface area contributed by atoms with Crippen LogP contribution in [-0.2, 0) is 9.53 Å². The molecule has 0 spiro atoms. The van der Waals surface area contributed by atoms with Crippen LogP contribution in [0.1, 0.15) is 26.2 Å². The molecular weight excluding hydrogens is 228 g/mol. The Morgan fingerprint density at radius 1 is 1.47 bits per heavy atom. The lowest BCUT2D eigenvalue weighted by atomic mass is 10.1. The predicted octanol–water partition coefficient (Wildman–Crippen LogP) is 3.31. The first-order valence-electron chi connectivity index (χ1n) is 5.88. The molecule has 0 N–H and O–H groups in total. The quantitative estimate of drug-likeness (QED) is 0.246. The van der Waals surface area contributed by atoms with Crippen LogP contribution in [0.4, 0.5) is 0 Å². The van der Waals surface area contributed by atoms with E-state index in [1.807, 2.05) is 0 Å². The molecule has 17 heavy (non-hydrogen) atoms. The zero-order chi connectivity index (χ0) is 13.3. The Morgan fingerprint density at radius 2 is 2.12 bits per heavy atom. The van der Waals surface area contributed by atoms with E-state index in [9.17, 15) is 4.79 Å². The molecule has 0 bridgehead atoms. The van der Waals surface area contributed by atoms with Crippen molar-refractivity contribution in [2.45, 2.75) is 51.9 Å². The highest BCUT2D eigenvalue weighted by Crippen LogP contribution is 2.06. The highest BCUT2D eigenvalue weighted by molar-refractivity contribution is 6.83. The Hall–Kier alpha value is -1.23. The number of esters is 1. The molecule has 0 aliphatic carbocycles. The molecule has 0 heterocycles. The molecule has 0 fully saturated rings. The topological polar surface area (TPSA) is 26.3 Å². The molecule has 0 radical (unpaired) electrons. The molecule has 0 rings (SSSR count). The molecule has 0 aromatic rings. The monoisotopic (exact) mass is 250 g/mol. The van der Waals surface area contributed by atoms with Crippen LogP contribution in [0.15, 0.2) is 18.4 Å². The van der Waals surface area contributed by atoms with E-state index < -0.39 is 8.07 Å². The third kappa shape index (κ3) is 11.0. The first-order valence-corrected chi connectivity index (χ1v) is 9.38. The van der Waals surface area contributed by atoms with Gasteiger partial charge in [-0.3, -0.25) is 4.79 Å². The van der Waals surface area contributed by atoms with Crippen molar-refractivity contribution in [3.05, 3.63) is 18.4 Å². The van der Waals surface area contributed by atoms with Gasteiger partial charge in [-0.05, 0) is 18.9 Å². The van der Waals surface area contributed by atoms with E-state index in [0.717, 1.165) is 19.3 Å². The van der Waals surface area contributed by atoms with E-state index in [1.54, 1.807) is 6.08 Å². The summed E-state index contributed by atoms with van der Waals surface area (Å²) in [6.45, 7) is 11.6. The Kier molecular flexibility index (Phi) is 7.37. The zero-order valence-electron chi connectivity index (χ0n) is 11.3. The summed E-state index contributed by atoms with van der Waals surface area (Å²) in [7, 11) is -1.25. The van der Waals surface area contributed by atoms with E-state index in [1.165, 1.54) is 6.92 Å². The van der Waals surface area contributed by atoms with Crippen LogP contribution in [0.5, 0.6) is 0 Å². The van der Waals surface area contributed by atoms with Crippen molar-refractivity contribution in [1.82, 2.24) is 0 Å². The minimum atomic E-state index is -1.25. The van der Waals surface area contributed by atoms with Crippen molar-refractivity contribution >= 4 is 14.0 Å². The molecule has 2 nitrogen and oxygen atoms in total. The van der Waals surface area contributed by atoms with Gasteiger partial charge in [0.15, 0.2) is 0 Å². The molecule has 0 aliphatic rings. The fraction of sp³-hybridized carbons (Fsp3) is 0.571. The number of rotatable bonds is 5. The number of ether oxygens (including phenoxy) is 1. The maximum atomic E-state index is 10.8. The molecule has 0 aromatic heterocycles. The third-order valence-corrected chi connectivity index (χ3v) is 2.80. The average Bonchev–Trinajstić information content (AvgIpc) is 2.14. The zero-order valence-corrected chi connectivity index (χ0v) is 12.3. The molecule has 94 valence electrons. The van der Waals surface area contributed by atoms with Crippen molar-refractivity contribution in [3.8, 4) is 11.5 Å². The van der Waals surface area contributed by atoms with Crippen LogP contribution in [-0.4, -0.2) is 20.1 Å². The fourth-order valence-corrected chi connectivity index (χ4v) is 1.90.